The van der Waals surface area contributed by atoms with Crippen molar-refractivity contribution in [2.24, 2.45) is 0 Å². The minimum Gasteiger partial charge on any atom is -0.453 e. The average Bonchev–Trinajstić information content (AvgIpc) is 2.61. The van der Waals surface area contributed by atoms with E-state index in [1.807, 2.05) is 0 Å². The molecule has 0 atom stereocenters. The van der Waals surface area contributed by atoms with Crippen LogP contribution >= 0.6 is 23.2 Å². The molecule has 3 rings (SSSR count). The second-order valence-corrected chi connectivity index (χ2v) is 5.93. The van der Waals surface area contributed by atoms with Crippen molar-refractivity contribution in [1.29, 1.82) is 0 Å². The van der Waals surface area contributed by atoms with E-state index in [1.54, 1.807) is 24.3 Å². The lowest BCUT2D eigenvalue weighted by Crippen LogP contribution is -2.20. The van der Waals surface area contributed by atoms with Crippen molar-refractivity contribution < 1.29 is 18.7 Å². The number of hydrogen-bond donors (Lipinski definition) is 0. The van der Waals surface area contributed by atoms with Crippen molar-refractivity contribution in [1.82, 2.24) is 0 Å². The number of Topliss-reactive ketones (excluding diaryl/α,β-unsaturated/α-hetero) is 1. The number of fused-ring (bicyclic) bond motifs is 1. The Labute approximate surface area is 151 Å². The van der Waals surface area contributed by atoms with Gasteiger partial charge >= 0.3 is 11.6 Å². The molecule has 2 aromatic carbocycles. The topological polar surface area (TPSA) is 73.6 Å². The minimum absolute atomic E-state index is 0.217. The van der Waals surface area contributed by atoms with E-state index < -0.39 is 24.0 Å². The maximum Gasteiger partial charge on any atom is 0.351 e. The van der Waals surface area contributed by atoms with Crippen LogP contribution in [0.2, 0.25) is 10.0 Å². The number of ketones is 1. The monoisotopic (exact) mass is 376 g/mol. The normalized spacial score (nSPS) is 10.6. The molecule has 0 amide bonds. The maximum atomic E-state index is 12.1. The molecule has 0 N–H and O–H groups in total. The summed E-state index contributed by atoms with van der Waals surface area (Å²) in [4.78, 5) is 36.0. The second-order valence-electron chi connectivity index (χ2n) is 5.11. The Balaban J connectivity index is 1.76. The van der Waals surface area contributed by atoms with E-state index in [2.05, 4.69) is 0 Å². The molecule has 0 bridgehead atoms. The highest BCUT2D eigenvalue weighted by molar-refractivity contribution is 6.42. The first-order valence-corrected chi connectivity index (χ1v) is 7.89. The SMILES string of the molecule is O=C(COC(=O)c1cc2ccccc2oc1=O)c1ccc(Cl)c(Cl)c1. The third-order valence-corrected chi connectivity index (χ3v) is 4.18. The summed E-state index contributed by atoms with van der Waals surface area (Å²) in [6, 6.07) is 12.4. The van der Waals surface area contributed by atoms with E-state index >= 15 is 0 Å². The third-order valence-electron chi connectivity index (χ3n) is 3.44. The number of rotatable bonds is 4. The predicted molar refractivity (Wildman–Crippen MR) is 93.6 cm³/mol. The van der Waals surface area contributed by atoms with Gasteiger partial charge in [-0.2, -0.15) is 0 Å². The van der Waals surface area contributed by atoms with Crippen LogP contribution in [0.3, 0.4) is 0 Å². The molecule has 0 radical (unpaired) electrons. The predicted octanol–water partition coefficient (Wildman–Crippen LogP) is 4.14. The van der Waals surface area contributed by atoms with Crippen molar-refractivity contribution in [3.05, 3.63) is 80.1 Å². The van der Waals surface area contributed by atoms with Gasteiger partial charge in [-0.25, -0.2) is 9.59 Å². The van der Waals surface area contributed by atoms with Crippen molar-refractivity contribution in [2.75, 3.05) is 6.61 Å². The number of esters is 1. The fourth-order valence-corrected chi connectivity index (χ4v) is 2.46. The van der Waals surface area contributed by atoms with Gasteiger partial charge in [0.2, 0.25) is 0 Å². The molecule has 1 heterocycles. The quantitative estimate of drug-likeness (QED) is 0.388. The molecule has 25 heavy (non-hydrogen) atoms. The van der Waals surface area contributed by atoms with E-state index in [-0.39, 0.29) is 16.1 Å². The zero-order valence-electron chi connectivity index (χ0n) is 12.6. The van der Waals surface area contributed by atoms with Gasteiger partial charge in [0.05, 0.1) is 10.0 Å². The van der Waals surface area contributed by atoms with Crippen LogP contribution in [0, 0.1) is 0 Å². The van der Waals surface area contributed by atoms with Crippen LogP contribution in [0.1, 0.15) is 20.7 Å². The highest BCUT2D eigenvalue weighted by atomic mass is 35.5. The van der Waals surface area contributed by atoms with Crippen molar-refractivity contribution >= 4 is 45.9 Å². The summed E-state index contributed by atoms with van der Waals surface area (Å²) in [5.74, 6) is -1.41. The molecule has 0 aliphatic carbocycles. The van der Waals surface area contributed by atoms with E-state index in [0.29, 0.717) is 16.0 Å². The Morgan fingerprint density at radius 3 is 2.52 bits per heavy atom. The fourth-order valence-electron chi connectivity index (χ4n) is 2.17. The van der Waals surface area contributed by atoms with Gasteiger partial charge in [0, 0.05) is 10.9 Å². The highest BCUT2D eigenvalue weighted by Gasteiger charge is 2.17. The Morgan fingerprint density at radius 2 is 1.76 bits per heavy atom. The van der Waals surface area contributed by atoms with Crippen LogP contribution in [0.15, 0.2) is 57.7 Å². The summed E-state index contributed by atoms with van der Waals surface area (Å²) in [6.45, 7) is -0.539. The van der Waals surface area contributed by atoms with Crippen LogP contribution in [0.5, 0.6) is 0 Å². The summed E-state index contributed by atoms with van der Waals surface area (Å²) < 4.78 is 9.98. The molecule has 0 saturated heterocycles. The summed E-state index contributed by atoms with van der Waals surface area (Å²) in [7, 11) is 0. The summed E-state index contributed by atoms with van der Waals surface area (Å²) in [5.41, 5.74) is -0.505. The van der Waals surface area contributed by atoms with E-state index in [0.717, 1.165) is 0 Å². The molecule has 0 aliphatic rings. The number of carbonyl (C=O) groups excluding carboxylic acids is 2. The Kier molecular flexibility index (Phi) is 4.88. The number of ether oxygens (including phenoxy) is 1. The van der Waals surface area contributed by atoms with Gasteiger partial charge in [0.15, 0.2) is 12.4 Å². The van der Waals surface area contributed by atoms with Gasteiger partial charge in [0.25, 0.3) is 0 Å². The molecule has 3 aromatic rings. The van der Waals surface area contributed by atoms with Crippen LogP contribution in [0.25, 0.3) is 11.0 Å². The first-order chi connectivity index (χ1) is 12.0. The van der Waals surface area contributed by atoms with Gasteiger partial charge in [-0.1, -0.05) is 41.4 Å². The lowest BCUT2D eigenvalue weighted by atomic mass is 10.1. The van der Waals surface area contributed by atoms with E-state index in [1.165, 1.54) is 24.3 Å². The van der Waals surface area contributed by atoms with E-state index in [4.69, 9.17) is 32.4 Å². The largest absolute Gasteiger partial charge is 0.453 e. The Hall–Kier alpha value is -2.63. The molecule has 1 aromatic heterocycles. The summed E-state index contributed by atoms with van der Waals surface area (Å²) in [5, 5.41) is 1.10. The number of carbonyl (C=O) groups is 2. The molecule has 0 saturated carbocycles. The van der Waals surface area contributed by atoms with Gasteiger partial charge < -0.3 is 9.15 Å². The Morgan fingerprint density at radius 1 is 1.00 bits per heavy atom. The van der Waals surface area contributed by atoms with Crippen molar-refractivity contribution in [2.45, 2.75) is 0 Å². The Bertz CT molecular complexity index is 1040. The lowest BCUT2D eigenvalue weighted by molar-refractivity contribution is 0.0471. The first-order valence-electron chi connectivity index (χ1n) is 7.14. The molecule has 0 aliphatic heterocycles. The summed E-state index contributed by atoms with van der Waals surface area (Å²) >= 11 is 11.6. The number of halogens is 2. The third kappa shape index (κ3) is 3.73. The molecule has 5 nitrogen and oxygen atoms in total. The van der Waals surface area contributed by atoms with Crippen LogP contribution in [-0.4, -0.2) is 18.4 Å². The second kappa shape index (κ2) is 7.09. The minimum atomic E-state index is -0.937. The molecular formula is C18H10Cl2O5. The maximum absolute atomic E-state index is 12.1. The standard InChI is InChI=1S/C18H10Cl2O5/c19-13-6-5-10(8-14(13)20)15(21)9-24-17(22)12-7-11-3-1-2-4-16(11)25-18(12)23/h1-8H,9H2. The molecule has 0 spiro atoms. The molecule has 126 valence electrons. The molecule has 0 fully saturated rings. The first kappa shape index (κ1) is 17.2. The molecule has 7 heteroatoms. The average molecular weight is 377 g/mol. The van der Waals surface area contributed by atoms with Crippen LogP contribution in [-0.2, 0) is 4.74 Å². The van der Waals surface area contributed by atoms with E-state index in [9.17, 15) is 14.4 Å². The number of benzene rings is 2. The van der Waals surface area contributed by atoms with Gasteiger partial charge in [0.1, 0.15) is 11.1 Å². The van der Waals surface area contributed by atoms with Gasteiger partial charge in [-0.05, 0) is 30.3 Å². The fraction of sp³-hybridized carbons (Fsp3) is 0.0556. The van der Waals surface area contributed by atoms with Crippen LogP contribution < -0.4 is 5.63 Å². The highest BCUT2D eigenvalue weighted by Crippen LogP contribution is 2.22. The van der Waals surface area contributed by atoms with Crippen LogP contribution in [0.4, 0.5) is 0 Å². The molecule has 0 unspecified atom stereocenters. The number of hydrogen-bond acceptors (Lipinski definition) is 5. The zero-order chi connectivity index (χ0) is 18.0. The van der Waals surface area contributed by atoms with Crippen molar-refractivity contribution in [3.8, 4) is 0 Å². The van der Waals surface area contributed by atoms with Gasteiger partial charge in [-0.3, -0.25) is 4.79 Å². The number of para-hydroxylation sites is 1. The van der Waals surface area contributed by atoms with Gasteiger partial charge in [-0.15, -0.1) is 0 Å². The smallest absolute Gasteiger partial charge is 0.351 e. The molecular weight excluding hydrogens is 367 g/mol. The summed E-state index contributed by atoms with van der Waals surface area (Å²) in [6.07, 6.45) is 0. The zero-order valence-corrected chi connectivity index (χ0v) is 14.1. The lowest BCUT2D eigenvalue weighted by Gasteiger charge is -2.05. The van der Waals surface area contributed by atoms with Crippen molar-refractivity contribution in [3.63, 3.8) is 0 Å².